The van der Waals surface area contributed by atoms with Crippen molar-refractivity contribution >= 4 is 17.3 Å². The highest BCUT2D eigenvalue weighted by Crippen LogP contribution is 2.32. The molecule has 0 atom stereocenters. The number of fused-ring (bicyclic) bond motifs is 1. The van der Waals surface area contributed by atoms with Gasteiger partial charge in [-0.3, -0.25) is 19.6 Å². The van der Waals surface area contributed by atoms with Gasteiger partial charge in [-0.15, -0.1) is 0 Å². The van der Waals surface area contributed by atoms with Crippen LogP contribution in [0.25, 0.3) is 0 Å². The second-order valence-corrected chi connectivity index (χ2v) is 7.59. The summed E-state index contributed by atoms with van der Waals surface area (Å²) in [5, 5.41) is 15.6. The van der Waals surface area contributed by atoms with Crippen LogP contribution in [0.2, 0.25) is 0 Å². The number of nitro benzene ring substituents is 1. The molecule has 2 heterocycles. The molecular weight excluding hydrogens is 344 g/mol. The first-order valence-electron chi connectivity index (χ1n) is 9.38. The van der Waals surface area contributed by atoms with E-state index in [1.807, 2.05) is 11.6 Å². The monoisotopic (exact) mass is 370 g/mol. The third kappa shape index (κ3) is 3.86. The van der Waals surface area contributed by atoms with E-state index in [9.17, 15) is 14.9 Å². The van der Waals surface area contributed by atoms with Gasteiger partial charge in [0, 0.05) is 37.3 Å². The molecule has 1 aromatic carbocycles. The fourth-order valence-corrected chi connectivity index (χ4v) is 3.73. The molecule has 3 rings (SSSR count). The Morgan fingerprint density at radius 2 is 2.07 bits per heavy atom. The zero-order valence-electron chi connectivity index (χ0n) is 16.4. The first-order chi connectivity index (χ1) is 12.8. The molecule has 0 radical (unpaired) electrons. The van der Waals surface area contributed by atoms with E-state index in [1.165, 1.54) is 12.1 Å². The molecule has 0 saturated carbocycles. The number of nitrogens with zero attached hydrogens (tertiary/aromatic N) is 4. The van der Waals surface area contributed by atoms with Gasteiger partial charge in [0.1, 0.15) is 0 Å². The fourth-order valence-electron chi connectivity index (χ4n) is 3.73. The Balaban J connectivity index is 1.73. The molecule has 0 N–H and O–H groups in total. The van der Waals surface area contributed by atoms with Gasteiger partial charge < -0.3 is 4.90 Å². The summed E-state index contributed by atoms with van der Waals surface area (Å²) >= 11 is 0. The normalized spacial score (nSPS) is 13.3. The van der Waals surface area contributed by atoms with Crippen molar-refractivity contribution in [2.24, 2.45) is 5.92 Å². The van der Waals surface area contributed by atoms with Crippen molar-refractivity contribution in [2.75, 3.05) is 11.4 Å². The minimum Gasteiger partial charge on any atom is -0.312 e. The molecule has 1 amide bonds. The van der Waals surface area contributed by atoms with Gasteiger partial charge in [0.25, 0.3) is 5.69 Å². The maximum Gasteiger partial charge on any atom is 0.271 e. The second kappa shape index (κ2) is 7.50. The summed E-state index contributed by atoms with van der Waals surface area (Å²) in [4.78, 5) is 25.1. The van der Waals surface area contributed by atoms with Crippen molar-refractivity contribution in [3.8, 4) is 0 Å². The van der Waals surface area contributed by atoms with Gasteiger partial charge in [-0.2, -0.15) is 5.10 Å². The summed E-state index contributed by atoms with van der Waals surface area (Å²) in [5.41, 5.74) is 4.91. The molecule has 1 aliphatic rings. The Morgan fingerprint density at radius 1 is 1.33 bits per heavy atom. The number of carbonyl (C=O) groups excluding carboxylic acids is 1. The molecule has 0 bridgehead atoms. The fraction of sp³-hybridized carbons (Fsp3) is 0.500. The van der Waals surface area contributed by atoms with Gasteiger partial charge in [-0.25, -0.2) is 0 Å². The molecule has 0 spiro atoms. The summed E-state index contributed by atoms with van der Waals surface area (Å²) in [6, 6.07) is 4.77. The van der Waals surface area contributed by atoms with Crippen molar-refractivity contribution in [3.05, 3.63) is 50.8 Å². The Bertz CT molecular complexity index is 886. The van der Waals surface area contributed by atoms with Crippen LogP contribution < -0.4 is 4.90 Å². The first-order valence-corrected chi connectivity index (χ1v) is 9.38. The number of carbonyl (C=O) groups is 1. The van der Waals surface area contributed by atoms with E-state index in [0.717, 1.165) is 35.5 Å². The number of hydrogen-bond acceptors (Lipinski definition) is 4. The molecule has 1 aromatic heterocycles. The lowest BCUT2D eigenvalue weighted by molar-refractivity contribution is -0.384. The molecule has 0 unspecified atom stereocenters. The smallest absolute Gasteiger partial charge is 0.271 e. The van der Waals surface area contributed by atoms with Crippen LogP contribution >= 0.6 is 0 Å². The Labute approximate surface area is 159 Å². The highest BCUT2D eigenvalue weighted by molar-refractivity contribution is 5.96. The van der Waals surface area contributed by atoms with Crippen LogP contribution in [0, 0.1) is 29.9 Å². The van der Waals surface area contributed by atoms with Crippen LogP contribution in [0.1, 0.15) is 42.8 Å². The molecule has 0 fully saturated rings. The zero-order chi connectivity index (χ0) is 19.7. The molecule has 144 valence electrons. The van der Waals surface area contributed by atoms with Gasteiger partial charge in [-0.1, -0.05) is 19.9 Å². The second-order valence-electron chi connectivity index (χ2n) is 7.59. The summed E-state index contributed by atoms with van der Waals surface area (Å²) < 4.78 is 2.02. The lowest BCUT2D eigenvalue weighted by Crippen LogP contribution is -2.29. The average Bonchev–Trinajstić information content (AvgIpc) is 3.13. The van der Waals surface area contributed by atoms with E-state index < -0.39 is 4.92 Å². The molecule has 7 heteroatoms. The van der Waals surface area contributed by atoms with E-state index >= 15 is 0 Å². The number of aryl methyl sites for hydroxylation is 1. The van der Waals surface area contributed by atoms with E-state index in [1.54, 1.807) is 11.0 Å². The van der Waals surface area contributed by atoms with Gasteiger partial charge >= 0.3 is 0 Å². The minimum absolute atomic E-state index is 0.00431. The Hall–Kier alpha value is -2.70. The van der Waals surface area contributed by atoms with Crippen molar-refractivity contribution in [3.63, 3.8) is 0 Å². The molecule has 2 aromatic rings. The van der Waals surface area contributed by atoms with Gasteiger partial charge in [0.2, 0.25) is 5.91 Å². The predicted octanol–water partition coefficient (Wildman–Crippen LogP) is 3.59. The Kier molecular flexibility index (Phi) is 5.30. The van der Waals surface area contributed by atoms with Gasteiger partial charge in [-0.05, 0) is 43.7 Å². The van der Waals surface area contributed by atoms with Crippen LogP contribution in [0.4, 0.5) is 11.4 Å². The molecule has 1 aliphatic heterocycles. The third-order valence-electron chi connectivity index (χ3n) is 5.13. The summed E-state index contributed by atoms with van der Waals surface area (Å²) in [6.07, 6.45) is 1.75. The zero-order valence-corrected chi connectivity index (χ0v) is 16.4. The van der Waals surface area contributed by atoms with E-state index in [2.05, 4.69) is 25.9 Å². The highest BCUT2D eigenvalue weighted by Gasteiger charge is 2.27. The average molecular weight is 370 g/mol. The summed E-state index contributed by atoms with van der Waals surface area (Å²) in [5.74, 6) is 0.513. The van der Waals surface area contributed by atoms with Crippen LogP contribution in [-0.4, -0.2) is 27.2 Å². The first kappa shape index (κ1) is 19.1. The topological polar surface area (TPSA) is 81.3 Å². The summed E-state index contributed by atoms with van der Waals surface area (Å²) in [7, 11) is 0. The van der Waals surface area contributed by atoms with E-state index in [0.29, 0.717) is 31.0 Å². The number of anilines is 1. The van der Waals surface area contributed by atoms with Crippen LogP contribution in [-0.2, 0) is 24.2 Å². The molecule has 0 saturated heterocycles. The number of hydrogen-bond donors (Lipinski definition) is 0. The number of nitro groups is 1. The standard InChI is InChI=1S/C20H26N4O3/c1-13(2)12-23-15(4)18(14(3)21-23)7-8-20(25)22-10-9-16-5-6-17(24(26)27)11-19(16)22/h5-6,11,13H,7-10,12H2,1-4H3. The van der Waals surface area contributed by atoms with Crippen molar-refractivity contribution in [1.82, 2.24) is 9.78 Å². The number of non-ortho nitro benzene ring substituents is 1. The number of rotatable bonds is 6. The van der Waals surface area contributed by atoms with Crippen molar-refractivity contribution in [2.45, 2.75) is 53.5 Å². The predicted molar refractivity (Wildman–Crippen MR) is 104 cm³/mol. The quantitative estimate of drug-likeness (QED) is 0.575. The molecule has 27 heavy (non-hydrogen) atoms. The van der Waals surface area contributed by atoms with Crippen molar-refractivity contribution < 1.29 is 9.72 Å². The lowest BCUT2D eigenvalue weighted by Gasteiger charge is -2.17. The SMILES string of the molecule is Cc1nn(CC(C)C)c(C)c1CCC(=O)N1CCc2ccc([N+](=O)[O-])cc21. The third-order valence-corrected chi connectivity index (χ3v) is 5.13. The van der Waals surface area contributed by atoms with Crippen molar-refractivity contribution in [1.29, 1.82) is 0 Å². The maximum atomic E-state index is 12.8. The van der Waals surface area contributed by atoms with Crippen LogP contribution in [0.3, 0.4) is 0 Å². The Morgan fingerprint density at radius 3 is 2.74 bits per heavy atom. The van der Waals surface area contributed by atoms with Crippen LogP contribution in [0.5, 0.6) is 0 Å². The molecule has 7 nitrogen and oxygen atoms in total. The number of aromatic nitrogens is 2. The lowest BCUT2D eigenvalue weighted by atomic mass is 10.1. The van der Waals surface area contributed by atoms with E-state index in [4.69, 9.17) is 0 Å². The number of benzene rings is 1. The summed E-state index contributed by atoms with van der Waals surface area (Å²) in [6.45, 7) is 9.80. The molecule has 0 aliphatic carbocycles. The number of amides is 1. The largest absolute Gasteiger partial charge is 0.312 e. The van der Waals surface area contributed by atoms with Crippen LogP contribution in [0.15, 0.2) is 18.2 Å². The molecular formula is C20H26N4O3. The van der Waals surface area contributed by atoms with Gasteiger partial charge in [0.15, 0.2) is 0 Å². The van der Waals surface area contributed by atoms with Gasteiger partial charge in [0.05, 0.1) is 16.3 Å². The van der Waals surface area contributed by atoms with E-state index in [-0.39, 0.29) is 11.6 Å². The maximum absolute atomic E-state index is 12.8. The highest BCUT2D eigenvalue weighted by atomic mass is 16.6. The minimum atomic E-state index is -0.420.